The van der Waals surface area contributed by atoms with Crippen molar-refractivity contribution in [2.75, 3.05) is 12.3 Å². The number of nitrogens with one attached hydrogen (secondary N) is 1. The smallest absolute Gasteiger partial charge is 0.254 e. The maximum absolute atomic E-state index is 11.8. The lowest BCUT2D eigenvalue weighted by molar-refractivity contribution is 0.0955. The van der Waals surface area contributed by atoms with Crippen molar-refractivity contribution in [2.24, 2.45) is 0 Å². The molecule has 0 saturated carbocycles. The summed E-state index contributed by atoms with van der Waals surface area (Å²) in [5.74, 6) is -0.0367. The van der Waals surface area contributed by atoms with E-state index in [9.17, 15) is 4.79 Å². The number of anilines is 1. The number of nitrogens with two attached hydrogens (primary N) is 1. The van der Waals surface area contributed by atoms with E-state index in [0.717, 1.165) is 12.8 Å². The zero-order valence-corrected chi connectivity index (χ0v) is 12.2. The van der Waals surface area contributed by atoms with Crippen molar-refractivity contribution >= 4 is 22.2 Å². The van der Waals surface area contributed by atoms with Crippen LogP contribution in [0.15, 0.2) is 6.07 Å². The van der Waals surface area contributed by atoms with Gasteiger partial charge in [0.1, 0.15) is 0 Å². The number of unbranched alkanes of at least 4 members (excludes halogenated alkanes) is 3. The molecule has 1 heterocycles. The van der Waals surface area contributed by atoms with E-state index < -0.39 is 0 Å². The van der Waals surface area contributed by atoms with Crippen LogP contribution in [0.1, 0.15) is 61.2 Å². The van der Waals surface area contributed by atoms with E-state index >= 15 is 0 Å². The fraction of sp³-hybridized carbons (Fsp3) is 0.643. The van der Waals surface area contributed by atoms with Crippen LogP contribution in [0.5, 0.6) is 0 Å². The molecule has 3 N–H and O–H groups in total. The van der Waals surface area contributed by atoms with Crippen LogP contribution >= 0.6 is 11.3 Å². The Morgan fingerprint density at radius 2 is 2.06 bits per heavy atom. The summed E-state index contributed by atoms with van der Waals surface area (Å²) >= 11 is 1.55. The monoisotopic (exact) mass is 268 g/mol. The molecule has 102 valence electrons. The van der Waals surface area contributed by atoms with E-state index in [1.807, 2.05) is 13.0 Å². The minimum absolute atomic E-state index is 0.0367. The minimum Gasteiger partial charge on any atom is -0.390 e. The highest BCUT2D eigenvalue weighted by molar-refractivity contribution is 7.16. The van der Waals surface area contributed by atoms with Crippen LogP contribution in [0, 0.1) is 0 Å². The Morgan fingerprint density at radius 1 is 1.28 bits per heavy atom. The van der Waals surface area contributed by atoms with Gasteiger partial charge in [-0.3, -0.25) is 4.79 Å². The standard InChI is InChI=1S/C14H24N2OS/c1-3-5-6-7-8-11-10-12(13(15)18-11)14(17)16-9-4-2/h10H,3-9,15H2,1-2H3,(H,16,17). The Bertz CT molecular complexity index is 374. The summed E-state index contributed by atoms with van der Waals surface area (Å²) in [6, 6.07) is 1.96. The average Bonchev–Trinajstić information content (AvgIpc) is 2.73. The van der Waals surface area contributed by atoms with Gasteiger partial charge in [0.15, 0.2) is 0 Å². The van der Waals surface area contributed by atoms with Gasteiger partial charge >= 0.3 is 0 Å². The van der Waals surface area contributed by atoms with Crippen LogP contribution in [0.4, 0.5) is 5.00 Å². The molecule has 1 rings (SSSR count). The summed E-state index contributed by atoms with van der Waals surface area (Å²) in [7, 11) is 0. The summed E-state index contributed by atoms with van der Waals surface area (Å²) in [5, 5.41) is 3.51. The molecular formula is C14H24N2OS. The zero-order chi connectivity index (χ0) is 13.4. The van der Waals surface area contributed by atoms with Crippen LogP contribution in [0.25, 0.3) is 0 Å². The molecule has 4 heteroatoms. The van der Waals surface area contributed by atoms with Crippen LogP contribution in [0.3, 0.4) is 0 Å². The molecule has 0 unspecified atom stereocenters. The molecule has 18 heavy (non-hydrogen) atoms. The molecule has 0 atom stereocenters. The van der Waals surface area contributed by atoms with E-state index in [-0.39, 0.29) is 5.91 Å². The van der Waals surface area contributed by atoms with E-state index in [2.05, 4.69) is 12.2 Å². The summed E-state index contributed by atoms with van der Waals surface area (Å²) in [5.41, 5.74) is 6.55. The van der Waals surface area contributed by atoms with Crippen molar-refractivity contribution in [1.82, 2.24) is 5.32 Å². The number of carbonyl (C=O) groups excluding carboxylic acids is 1. The summed E-state index contributed by atoms with van der Waals surface area (Å²) in [6.07, 6.45) is 6.95. The first-order chi connectivity index (χ1) is 8.69. The van der Waals surface area contributed by atoms with Crippen molar-refractivity contribution in [3.8, 4) is 0 Å². The first-order valence-electron chi connectivity index (χ1n) is 6.85. The van der Waals surface area contributed by atoms with E-state index in [1.54, 1.807) is 11.3 Å². The molecule has 0 aliphatic carbocycles. The van der Waals surface area contributed by atoms with Gasteiger partial charge in [-0.2, -0.15) is 0 Å². The first-order valence-corrected chi connectivity index (χ1v) is 7.67. The lowest BCUT2D eigenvalue weighted by atomic mass is 10.1. The predicted octanol–water partition coefficient (Wildman–Crippen LogP) is 3.59. The van der Waals surface area contributed by atoms with Gasteiger partial charge in [-0.05, 0) is 25.3 Å². The molecular weight excluding hydrogens is 244 g/mol. The minimum atomic E-state index is -0.0367. The van der Waals surface area contributed by atoms with Crippen LogP contribution in [0.2, 0.25) is 0 Å². The first kappa shape index (κ1) is 15.0. The Kier molecular flexibility index (Phi) is 6.80. The van der Waals surface area contributed by atoms with E-state index in [1.165, 1.54) is 30.6 Å². The highest BCUT2D eigenvalue weighted by Gasteiger charge is 2.13. The van der Waals surface area contributed by atoms with Crippen LogP contribution < -0.4 is 11.1 Å². The second-order valence-electron chi connectivity index (χ2n) is 4.56. The molecule has 3 nitrogen and oxygen atoms in total. The molecule has 0 fully saturated rings. The molecule has 0 spiro atoms. The summed E-state index contributed by atoms with van der Waals surface area (Å²) in [6.45, 7) is 4.95. The maximum atomic E-state index is 11.8. The number of nitrogen functional groups attached to an aromatic ring is 1. The van der Waals surface area contributed by atoms with Gasteiger partial charge in [-0.25, -0.2) is 0 Å². The fourth-order valence-electron chi connectivity index (χ4n) is 1.82. The van der Waals surface area contributed by atoms with E-state index in [4.69, 9.17) is 5.73 Å². The normalized spacial score (nSPS) is 10.6. The van der Waals surface area contributed by atoms with Gasteiger partial charge < -0.3 is 11.1 Å². The number of rotatable bonds is 8. The molecule has 0 radical (unpaired) electrons. The molecule has 1 amide bonds. The number of hydrogen-bond donors (Lipinski definition) is 2. The quantitative estimate of drug-likeness (QED) is 0.708. The Hall–Kier alpha value is -1.03. The van der Waals surface area contributed by atoms with Crippen molar-refractivity contribution in [3.05, 3.63) is 16.5 Å². The van der Waals surface area contributed by atoms with Gasteiger partial charge in [0, 0.05) is 11.4 Å². The molecule has 1 aromatic rings. The molecule has 1 aromatic heterocycles. The second-order valence-corrected chi connectivity index (χ2v) is 5.73. The molecule has 0 aromatic carbocycles. The number of hydrogen-bond acceptors (Lipinski definition) is 3. The maximum Gasteiger partial charge on any atom is 0.254 e. The Morgan fingerprint density at radius 3 is 2.72 bits per heavy atom. The second kappa shape index (κ2) is 8.14. The van der Waals surface area contributed by atoms with Gasteiger partial charge in [-0.15, -0.1) is 11.3 Å². The third-order valence-electron chi connectivity index (χ3n) is 2.87. The van der Waals surface area contributed by atoms with Crippen LogP contribution in [-0.2, 0) is 6.42 Å². The third-order valence-corrected chi connectivity index (χ3v) is 3.89. The van der Waals surface area contributed by atoms with Crippen molar-refractivity contribution in [2.45, 2.75) is 52.4 Å². The largest absolute Gasteiger partial charge is 0.390 e. The van der Waals surface area contributed by atoms with Crippen molar-refractivity contribution in [3.63, 3.8) is 0 Å². The molecule has 0 aliphatic heterocycles. The lowest BCUT2D eigenvalue weighted by Gasteiger charge is -2.01. The zero-order valence-electron chi connectivity index (χ0n) is 11.4. The van der Waals surface area contributed by atoms with Gasteiger partial charge in [-0.1, -0.05) is 33.1 Å². The van der Waals surface area contributed by atoms with E-state index in [0.29, 0.717) is 17.1 Å². The predicted molar refractivity (Wildman–Crippen MR) is 79.2 cm³/mol. The Balaban J connectivity index is 2.50. The molecule has 0 bridgehead atoms. The highest BCUT2D eigenvalue weighted by Crippen LogP contribution is 2.26. The molecule has 0 aliphatic rings. The highest BCUT2D eigenvalue weighted by atomic mass is 32.1. The number of amides is 1. The summed E-state index contributed by atoms with van der Waals surface area (Å²) < 4.78 is 0. The topological polar surface area (TPSA) is 55.1 Å². The number of aryl methyl sites for hydroxylation is 1. The number of carbonyl (C=O) groups is 1. The van der Waals surface area contributed by atoms with Crippen molar-refractivity contribution in [1.29, 1.82) is 0 Å². The average molecular weight is 268 g/mol. The summed E-state index contributed by atoms with van der Waals surface area (Å²) in [4.78, 5) is 13.1. The SMILES string of the molecule is CCCCCCc1cc(C(=O)NCCC)c(N)s1. The van der Waals surface area contributed by atoms with Crippen molar-refractivity contribution < 1.29 is 4.79 Å². The van der Waals surface area contributed by atoms with Crippen LogP contribution in [-0.4, -0.2) is 12.5 Å². The molecule has 0 saturated heterocycles. The lowest BCUT2D eigenvalue weighted by Crippen LogP contribution is -2.24. The van der Waals surface area contributed by atoms with Gasteiger partial charge in [0.05, 0.1) is 10.6 Å². The van der Waals surface area contributed by atoms with Gasteiger partial charge in [0.2, 0.25) is 0 Å². The number of thiophene rings is 1. The fourth-order valence-corrected chi connectivity index (χ4v) is 2.79. The third kappa shape index (κ3) is 4.69. The Labute approximate surface area is 114 Å². The van der Waals surface area contributed by atoms with Gasteiger partial charge in [0.25, 0.3) is 5.91 Å².